The van der Waals surface area contributed by atoms with Gasteiger partial charge in [0.25, 0.3) is 5.91 Å². The first kappa shape index (κ1) is 69.1. The molecule has 0 radical (unpaired) electrons. The topological polar surface area (TPSA) is 169 Å². The average molecular weight is 1210 g/mol. The fourth-order valence-electron chi connectivity index (χ4n) is 8.74. The number of amides is 2. The molecule has 0 unspecified atom stereocenters. The highest BCUT2D eigenvalue weighted by Crippen LogP contribution is 2.44. The zero-order valence-corrected chi connectivity index (χ0v) is 51.4. The summed E-state index contributed by atoms with van der Waals surface area (Å²) >= 11 is 0. The molecule has 0 bridgehead atoms. The molecule has 12 nitrogen and oxygen atoms in total. The molecule has 450 valence electrons. The molecule has 7 aromatic rings. The third-order valence-corrected chi connectivity index (χ3v) is 13.5. The van der Waals surface area contributed by atoms with E-state index < -0.39 is 59.4 Å². The fourth-order valence-corrected chi connectivity index (χ4v) is 8.74. The second kappa shape index (κ2) is 36.3. The normalized spacial score (nSPS) is 13.4. The highest BCUT2D eigenvalue weighted by atomic mass is 16.6. The standard InChI is InChI=1S/C33H32N2O5.C24H6.C23H23NO4/c1-32(2)28(26-14-8-5-9-15-26)35(31(38)40-32)30(37)33(3,29(36)27-16-10-11-21-34-27)39-22-23-17-19-25(20-18-23)24-12-6-4-7-13-24;1-3-5-7-9-11-13-15-17-19-21-23-24-22-20-18-16-14-12-10-8-6-4-2;1-23(21(26)15-25,22(27)20-9-5-6-14-24-20)28-16-17-10-12-19(13-11-17)18-7-3-2-4-8-18/h4-21,28-29,36H,22H2,1-3H3;1-2H3;2-14,22,25,27H,15-16H2,1H3/t28-,29-,33-;;22-,23+/m0.0/s1. The molecule has 0 spiro atoms. The third-order valence-electron chi connectivity index (χ3n) is 13.5. The first-order valence-electron chi connectivity index (χ1n) is 28.5. The quantitative estimate of drug-likeness (QED) is 0.0788. The summed E-state index contributed by atoms with van der Waals surface area (Å²) in [6, 6.07) is 54.2. The number of aliphatic hydroxyl groups is 3. The van der Waals surface area contributed by atoms with Crippen molar-refractivity contribution >= 4 is 17.8 Å². The number of rotatable bonds is 16. The monoisotopic (exact) mass is 1210 g/mol. The van der Waals surface area contributed by atoms with E-state index in [0.29, 0.717) is 5.69 Å². The zero-order valence-electron chi connectivity index (χ0n) is 51.4. The Labute approximate surface area is 539 Å². The Hall–Kier alpha value is -12.0. The van der Waals surface area contributed by atoms with Gasteiger partial charge in [-0.2, -0.15) is 0 Å². The van der Waals surface area contributed by atoms with Gasteiger partial charge in [-0.05, 0) is 199 Å². The van der Waals surface area contributed by atoms with Crippen LogP contribution in [0.2, 0.25) is 0 Å². The molecule has 3 N–H and O–H groups in total. The minimum Gasteiger partial charge on any atom is -0.440 e. The van der Waals surface area contributed by atoms with Gasteiger partial charge in [0.15, 0.2) is 17.0 Å². The van der Waals surface area contributed by atoms with E-state index in [1.165, 1.54) is 26.2 Å². The SMILES string of the molecule is CC#CC#CC#CC#CC#CC#CC#CC#CC#CC#CC#CC.CC1(C)OC(=O)N(C(=O)[C@@](C)(OCc2ccc(-c3ccccc3)cc2)[C@@H](O)c2ccccn2)[C@H]1c1ccccc1.C[C@@](OCc1ccc(-c2ccccc2)cc1)(C(=O)CO)[C@@H](O)c1ccccn1. The summed E-state index contributed by atoms with van der Waals surface area (Å²) in [6.45, 7) is 9.29. The Bertz CT molecular complexity index is 4330. The van der Waals surface area contributed by atoms with Gasteiger partial charge in [0, 0.05) is 36.1 Å². The Morgan fingerprint density at radius 2 is 0.815 bits per heavy atom. The van der Waals surface area contributed by atoms with Gasteiger partial charge in [-0.15, -0.1) is 0 Å². The van der Waals surface area contributed by atoms with Crippen molar-refractivity contribution < 1.29 is 43.9 Å². The van der Waals surface area contributed by atoms with Crippen molar-refractivity contribution in [3.05, 3.63) is 216 Å². The van der Waals surface area contributed by atoms with Gasteiger partial charge < -0.3 is 29.5 Å². The highest BCUT2D eigenvalue weighted by Gasteiger charge is 2.57. The van der Waals surface area contributed by atoms with E-state index in [1.807, 2.05) is 140 Å². The van der Waals surface area contributed by atoms with Gasteiger partial charge in [-0.1, -0.05) is 164 Å². The summed E-state index contributed by atoms with van der Waals surface area (Å²) < 4.78 is 17.8. The van der Waals surface area contributed by atoms with Crippen LogP contribution in [-0.2, 0) is 37.0 Å². The van der Waals surface area contributed by atoms with Gasteiger partial charge in [0.05, 0.1) is 24.6 Å². The number of hydrogen-bond donors (Lipinski definition) is 3. The number of cyclic esters (lactones) is 1. The summed E-state index contributed by atoms with van der Waals surface area (Å²) in [4.78, 5) is 49.3. The van der Waals surface area contributed by atoms with Crippen LogP contribution in [0.15, 0.2) is 188 Å². The first-order valence-corrected chi connectivity index (χ1v) is 28.5. The lowest BCUT2D eigenvalue weighted by atomic mass is 9.88. The number of imide groups is 1. The summed E-state index contributed by atoms with van der Waals surface area (Å²) in [5.41, 5.74) is 2.80. The summed E-state index contributed by atoms with van der Waals surface area (Å²) in [7, 11) is 0. The molecule has 8 rings (SSSR count). The van der Waals surface area contributed by atoms with Crippen molar-refractivity contribution in [3.8, 4) is 153 Å². The van der Waals surface area contributed by atoms with Crippen LogP contribution in [0.3, 0.4) is 0 Å². The van der Waals surface area contributed by atoms with Crippen LogP contribution in [0, 0.1) is 130 Å². The molecule has 12 heteroatoms. The highest BCUT2D eigenvalue weighted by molar-refractivity contribution is 5.99. The minimum absolute atomic E-state index is 0.0173. The van der Waals surface area contributed by atoms with Gasteiger partial charge in [-0.3, -0.25) is 19.6 Å². The van der Waals surface area contributed by atoms with E-state index >= 15 is 0 Å². The largest absolute Gasteiger partial charge is 0.440 e. The molecule has 1 fully saturated rings. The van der Waals surface area contributed by atoms with Crippen LogP contribution in [0.25, 0.3) is 22.3 Å². The third kappa shape index (κ3) is 20.5. The van der Waals surface area contributed by atoms with E-state index in [-0.39, 0.29) is 18.9 Å². The molecule has 92 heavy (non-hydrogen) atoms. The number of aromatic nitrogens is 2. The summed E-state index contributed by atoms with van der Waals surface area (Å²) in [6.07, 6.45) is -0.481. The average Bonchev–Trinajstić information content (AvgIpc) is 1.55. The fraction of sp³-hybridized carbons (Fsp3) is 0.188. The van der Waals surface area contributed by atoms with E-state index in [9.17, 15) is 29.7 Å². The number of benzene rings is 5. The Kier molecular flexibility index (Phi) is 27.3. The van der Waals surface area contributed by atoms with Crippen molar-refractivity contribution in [2.75, 3.05) is 6.61 Å². The second-order valence-electron chi connectivity index (χ2n) is 20.3. The van der Waals surface area contributed by atoms with E-state index in [4.69, 9.17) is 14.2 Å². The van der Waals surface area contributed by atoms with Gasteiger partial charge in [0.2, 0.25) is 0 Å². The van der Waals surface area contributed by atoms with E-state index in [2.05, 4.69) is 140 Å². The molecular weight excluding hydrogens is 1150 g/mol. The molecule has 5 aromatic carbocycles. The van der Waals surface area contributed by atoms with Crippen LogP contribution in [0.1, 0.15) is 87.9 Å². The molecule has 1 saturated heterocycles. The number of carbonyl (C=O) groups excluding carboxylic acids is 3. The maximum Gasteiger partial charge on any atom is 0.417 e. The molecule has 5 atom stereocenters. The lowest BCUT2D eigenvalue weighted by Gasteiger charge is -2.37. The van der Waals surface area contributed by atoms with Crippen LogP contribution < -0.4 is 0 Å². The summed E-state index contributed by atoms with van der Waals surface area (Å²) in [5, 5.41) is 31.6. The Morgan fingerprint density at radius 3 is 1.16 bits per heavy atom. The van der Waals surface area contributed by atoms with Crippen LogP contribution in [-0.4, -0.2) is 71.4 Å². The number of ketones is 1. The Morgan fingerprint density at radius 1 is 0.489 bits per heavy atom. The predicted molar refractivity (Wildman–Crippen MR) is 354 cm³/mol. The predicted octanol–water partition coefficient (Wildman–Crippen LogP) is 10.6. The number of carbonyl (C=O) groups is 3. The summed E-state index contributed by atoms with van der Waals surface area (Å²) in [5.74, 6) is 54.3. The number of nitrogens with zero attached hydrogens (tertiary/aromatic N) is 3. The number of Topliss-reactive ketones (excluding diaryl/α,β-unsaturated/α-hetero) is 1. The number of aliphatic hydroxyl groups excluding tert-OH is 3. The van der Waals surface area contributed by atoms with Crippen molar-refractivity contribution in [1.29, 1.82) is 0 Å². The molecule has 3 heterocycles. The van der Waals surface area contributed by atoms with Gasteiger partial charge in [0.1, 0.15) is 30.5 Å². The number of ether oxygens (including phenoxy) is 3. The molecule has 1 aliphatic heterocycles. The lowest BCUT2D eigenvalue weighted by Crippen LogP contribution is -2.54. The first-order chi connectivity index (χ1) is 44.7. The second-order valence-corrected chi connectivity index (χ2v) is 20.3. The lowest BCUT2D eigenvalue weighted by molar-refractivity contribution is -0.175. The van der Waals surface area contributed by atoms with Crippen molar-refractivity contribution in [1.82, 2.24) is 14.9 Å². The molecule has 0 aliphatic carbocycles. The molecule has 1 aliphatic rings. The minimum atomic E-state index is -1.86. The zero-order chi connectivity index (χ0) is 65.9. The van der Waals surface area contributed by atoms with E-state index in [1.54, 1.807) is 64.1 Å². The van der Waals surface area contributed by atoms with E-state index in [0.717, 1.165) is 43.8 Å². The number of hydrogen-bond acceptors (Lipinski definition) is 11. The maximum atomic E-state index is 14.3. The van der Waals surface area contributed by atoms with Crippen molar-refractivity contribution in [2.45, 2.75) is 89.8 Å². The van der Waals surface area contributed by atoms with Crippen molar-refractivity contribution in [2.24, 2.45) is 0 Å². The molecular formula is C80H61N3O9. The van der Waals surface area contributed by atoms with Crippen LogP contribution >= 0.6 is 0 Å². The number of pyridine rings is 2. The smallest absolute Gasteiger partial charge is 0.417 e. The molecule has 2 amide bonds. The molecule has 0 saturated carbocycles. The van der Waals surface area contributed by atoms with Crippen LogP contribution in [0.4, 0.5) is 4.79 Å². The molecule has 2 aromatic heterocycles. The van der Waals surface area contributed by atoms with Crippen LogP contribution in [0.5, 0.6) is 0 Å². The van der Waals surface area contributed by atoms with Crippen molar-refractivity contribution in [3.63, 3.8) is 0 Å². The van der Waals surface area contributed by atoms with Gasteiger partial charge in [-0.25, -0.2) is 9.69 Å². The Balaban J connectivity index is 0.000000229. The van der Waals surface area contributed by atoms with Gasteiger partial charge >= 0.3 is 6.09 Å². The maximum absolute atomic E-state index is 14.3.